The monoisotopic (exact) mass is 535 g/mol. The number of ketones is 1. The maximum Gasteiger partial charge on any atom is 0.295 e. The summed E-state index contributed by atoms with van der Waals surface area (Å²) in [6, 6.07) is 17.3. The number of likely N-dealkylation sites (tertiary alicyclic amines) is 1. The predicted molar refractivity (Wildman–Crippen MR) is 145 cm³/mol. The van der Waals surface area contributed by atoms with E-state index in [0.717, 1.165) is 5.56 Å². The second-order valence-corrected chi connectivity index (χ2v) is 10.4. The Bertz CT molecular complexity index is 1370. The first-order valence-electron chi connectivity index (χ1n) is 12.3. The van der Waals surface area contributed by atoms with Crippen LogP contribution in [-0.2, 0) is 16.1 Å². The molecule has 1 unspecified atom stereocenters. The van der Waals surface area contributed by atoms with Crippen LogP contribution in [-0.4, -0.2) is 39.0 Å². The zero-order chi connectivity index (χ0) is 27.6. The molecule has 0 radical (unpaired) electrons. The number of rotatable bonds is 7. The van der Waals surface area contributed by atoms with Crippen LogP contribution in [0.25, 0.3) is 5.76 Å². The summed E-state index contributed by atoms with van der Waals surface area (Å²) in [6.07, 6.45) is 0. The van der Waals surface area contributed by atoms with E-state index in [0.29, 0.717) is 34.3 Å². The third kappa shape index (κ3) is 5.78. The van der Waals surface area contributed by atoms with E-state index >= 15 is 0 Å². The molecule has 0 aromatic heterocycles. The van der Waals surface area contributed by atoms with Gasteiger partial charge in [0.1, 0.15) is 28.6 Å². The van der Waals surface area contributed by atoms with Crippen LogP contribution in [0, 0.1) is 0 Å². The van der Waals surface area contributed by atoms with Gasteiger partial charge >= 0.3 is 0 Å². The minimum absolute atomic E-state index is 0.0409. The molecule has 1 saturated heterocycles. The largest absolute Gasteiger partial charge is 0.508 e. The van der Waals surface area contributed by atoms with E-state index in [4.69, 9.17) is 21.1 Å². The predicted octanol–water partition coefficient (Wildman–Crippen LogP) is 6.24. The normalized spacial score (nSPS) is 17.1. The molecule has 7 nitrogen and oxygen atoms in total. The first-order valence-corrected chi connectivity index (χ1v) is 12.6. The first kappa shape index (κ1) is 27.1. The fourth-order valence-electron chi connectivity index (χ4n) is 4.33. The molecule has 1 heterocycles. The molecule has 38 heavy (non-hydrogen) atoms. The Balaban J connectivity index is 1.77. The quantitative estimate of drug-likeness (QED) is 0.211. The molecular formula is C30H30ClNO6. The van der Waals surface area contributed by atoms with Gasteiger partial charge in [0.2, 0.25) is 0 Å². The van der Waals surface area contributed by atoms with Crippen molar-refractivity contribution in [2.24, 2.45) is 0 Å². The molecule has 0 spiro atoms. The Hall–Kier alpha value is -3.97. The van der Waals surface area contributed by atoms with E-state index < -0.39 is 17.7 Å². The molecule has 1 aliphatic rings. The second kappa shape index (κ2) is 10.8. The summed E-state index contributed by atoms with van der Waals surface area (Å²) in [6.45, 7) is 8.15. The lowest BCUT2D eigenvalue weighted by Gasteiger charge is -2.26. The van der Waals surface area contributed by atoms with Gasteiger partial charge in [-0.1, -0.05) is 35.9 Å². The number of amides is 1. The number of phenolic OH excluding ortho intramolecular Hbond substituents is 1. The van der Waals surface area contributed by atoms with Gasteiger partial charge < -0.3 is 24.6 Å². The van der Waals surface area contributed by atoms with Gasteiger partial charge in [0.15, 0.2) is 0 Å². The second-order valence-electron chi connectivity index (χ2n) is 9.96. The number of hydrogen-bond donors (Lipinski definition) is 2. The van der Waals surface area contributed by atoms with E-state index in [9.17, 15) is 19.8 Å². The highest BCUT2D eigenvalue weighted by Crippen LogP contribution is 2.41. The third-order valence-electron chi connectivity index (χ3n) is 5.95. The van der Waals surface area contributed by atoms with Gasteiger partial charge in [-0.05, 0) is 81.3 Å². The molecule has 8 heteroatoms. The van der Waals surface area contributed by atoms with Crippen LogP contribution in [0.15, 0.2) is 72.3 Å². The highest BCUT2D eigenvalue weighted by molar-refractivity contribution is 6.46. The molecule has 1 aliphatic heterocycles. The Morgan fingerprint density at radius 3 is 2.26 bits per heavy atom. The van der Waals surface area contributed by atoms with Crippen molar-refractivity contribution in [1.82, 2.24) is 4.90 Å². The number of ether oxygens (including phenoxy) is 2. The van der Waals surface area contributed by atoms with Gasteiger partial charge in [-0.2, -0.15) is 0 Å². The molecule has 3 aromatic rings. The zero-order valence-electron chi connectivity index (χ0n) is 21.7. The SMILES string of the molecule is CCOc1cc(/C(O)=C2/C(=O)C(=O)N(Cc3ccc(OC(C)(C)C)cc3)C2c2ccc(O)cc2)ccc1Cl. The first-order chi connectivity index (χ1) is 18.0. The van der Waals surface area contributed by atoms with Crippen molar-refractivity contribution < 1.29 is 29.3 Å². The number of benzene rings is 3. The average molecular weight is 536 g/mol. The molecule has 198 valence electrons. The Morgan fingerprint density at radius 2 is 1.66 bits per heavy atom. The highest BCUT2D eigenvalue weighted by atomic mass is 35.5. The number of halogens is 1. The minimum atomic E-state index is -0.882. The van der Waals surface area contributed by atoms with E-state index in [1.807, 2.05) is 45.0 Å². The van der Waals surface area contributed by atoms with Gasteiger partial charge in [0.25, 0.3) is 11.7 Å². The standard InChI is InChI=1S/C30H30ClNO6/c1-5-37-24-16-20(10-15-23(24)31)27(34)25-26(19-8-11-21(33)12-9-19)32(29(36)28(25)35)17-18-6-13-22(14-7-18)38-30(2,3)4/h6-16,26,33-34H,5,17H2,1-4H3/b27-25-. The number of aromatic hydroxyl groups is 1. The average Bonchev–Trinajstić information content (AvgIpc) is 3.11. The lowest BCUT2D eigenvalue weighted by molar-refractivity contribution is -0.140. The number of Topliss-reactive ketones (excluding diaryl/α,β-unsaturated/α-hetero) is 1. The molecule has 1 fully saturated rings. The van der Waals surface area contributed by atoms with Crippen LogP contribution in [0.2, 0.25) is 5.02 Å². The number of aliphatic hydroxyl groups is 1. The summed E-state index contributed by atoms with van der Waals surface area (Å²) in [5, 5.41) is 21.5. The van der Waals surface area contributed by atoms with Gasteiger partial charge in [0.05, 0.1) is 23.2 Å². The van der Waals surface area contributed by atoms with Crippen LogP contribution >= 0.6 is 11.6 Å². The molecule has 0 aliphatic carbocycles. The summed E-state index contributed by atoms with van der Waals surface area (Å²) in [4.78, 5) is 28.0. The van der Waals surface area contributed by atoms with Crippen molar-refractivity contribution >= 4 is 29.1 Å². The molecule has 4 rings (SSSR count). The van der Waals surface area contributed by atoms with E-state index in [-0.39, 0.29) is 29.2 Å². The number of nitrogens with zero attached hydrogens (tertiary/aromatic N) is 1. The fourth-order valence-corrected chi connectivity index (χ4v) is 4.50. The molecular weight excluding hydrogens is 506 g/mol. The molecule has 0 saturated carbocycles. The van der Waals surface area contributed by atoms with Crippen molar-refractivity contribution in [3.05, 3.63) is 94.0 Å². The molecule has 3 aromatic carbocycles. The summed E-state index contributed by atoms with van der Waals surface area (Å²) in [7, 11) is 0. The Morgan fingerprint density at radius 1 is 1.00 bits per heavy atom. The Labute approximate surface area is 226 Å². The molecule has 1 atom stereocenters. The van der Waals surface area contributed by atoms with E-state index in [1.165, 1.54) is 23.1 Å². The van der Waals surface area contributed by atoms with Gasteiger partial charge in [-0.3, -0.25) is 9.59 Å². The lowest BCUT2D eigenvalue weighted by Crippen LogP contribution is -2.29. The van der Waals surface area contributed by atoms with Crippen LogP contribution < -0.4 is 9.47 Å². The van der Waals surface area contributed by atoms with Gasteiger partial charge in [-0.25, -0.2) is 0 Å². The van der Waals surface area contributed by atoms with Crippen LogP contribution in [0.1, 0.15) is 50.4 Å². The summed E-state index contributed by atoms with van der Waals surface area (Å²) >= 11 is 6.21. The maximum absolute atomic E-state index is 13.3. The topological polar surface area (TPSA) is 96.3 Å². The lowest BCUT2D eigenvalue weighted by atomic mass is 9.95. The zero-order valence-corrected chi connectivity index (χ0v) is 22.5. The molecule has 0 bridgehead atoms. The van der Waals surface area contributed by atoms with Crippen LogP contribution in [0.5, 0.6) is 17.2 Å². The number of carbonyl (C=O) groups excluding carboxylic acids is 2. The van der Waals surface area contributed by atoms with Crippen molar-refractivity contribution in [1.29, 1.82) is 0 Å². The summed E-state index contributed by atoms with van der Waals surface area (Å²) in [5.74, 6) is -0.799. The van der Waals surface area contributed by atoms with Crippen LogP contribution in [0.4, 0.5) is 0 Å². The van der Waals surface area contributed by atoms with E-state index in [2.05, 4.69) is 0 Å². The summed E-state index contributed by atoms with van der Waals surface area (Å²) < 4.78 is 11.4. The number of aliphatic hydroxyl groups excluding tert-OH is 1. The van der Waals surface area contributed by atoms with Crippen LogP contribution in [0.3, 0.4) is 0 Å². The van der Waals surface area contributed by atoms with E-state index in [1.54, 1.807) is 31.2 Å². The highest BCUT2D eigenvalue weighted by Gasteiger charge is 2.46. The molecule has 1 amide bonds. The number of carbonyl (C=O) groups is 2. The van der Waals surface area contributed by atoms with Crippen molar-refractivity contribution in [2.45, 2.75) is 45.9 Å². The molecule has 2 N–H and O–H groups in total. The minimum Gasteiger partial charge on any atom is -0.508 e. The van der Waals surface area contributed by atoms with Crippen molar-refractivity contribution in [2.75, 3.05) is 6.61 Å². The smallest absolute Gasteiger partial charge is 0.295 e. The van der Waals surface area contributed by atoms with Gasteiger partial charge in [-0.15, -0.1) is 0 Å². The van der Waals surface area contributed by atoms with Crippen molar-refractivity contribution in [3.8, 4) is 17.2 Å². The summed E-state index contributed by atoms with van der Waals surface area (Å²) in [5.41, 5.74) is 1.22. The number of hydrogen-bond acceptors (Lipinski definition) is 6. The Kier molecular flexibility index (Phi) is 7.69. The van der Waals surface area contributed by atoms with Crippen molar-refractivity contribution in [3.63, 3.8) is 0 Å². The third-order valence-corrected chi connectivity index (χ3v) is 6.27. The maximum atomic E-state index is 13.3. The van der Waals surface area contributed by atoms with Gasteiger partial charge in [0, 0.05) is 12.1 Å². The number of phenols is 1. The fraction of sp³-hybridized carbons (Fsp3) is 0.267.